The quantitative estimate of drug-likeness (QED) is 0.895. The highest BCUT2D eigenvalue weighted by Crippen LogP contribution is 2.27. The molecule has 0 amide bonds. The molecule has 1 unspecified atom stereocenters. The highest BCUT2D eigenvalue weighted by Gasteiger charge is 2.21. The van der Waals surface area contributed by atoms with Gasteiger partial charge in [-0.25, -0.2) is 0 Å². The van der Waals surface area contributed by atoms with Crippen LogP contribution in [-0.2, 0) is 11.2 Å². The molecule has 0 bridgehead atoms. The molecular formula is C17H28N2O. The molecular weight excluding hydrogens is 248 g/mol. The first kappa shape index (κ1) is 15.5. The largest absolute Gasteiger partial charge is 0.372 e. The lowest BCUT2D eigenvalue weighted by molar-refractivity contribution is 0.0211. The minimum Gasteiger partial charge on any atom is -0.372 e. The van der Waals surface area contributed by atoms with E-state index in [1.807, 2.05) is 0 Å². The van der Waals surface area contributed by atoms with Crippen molar-refractivity contribution >= 4 is 0 Å². The summed E-state index contributed by atoms with van der Waals surface area (Å²) in [5.74, 6) is 0. The van der Waals surface area contributed by atoms with Gasteiger partial charge in [-0.2, -0.15) is 0 Å². The number of fused-ring (bicyclic) bond motifs is 1. The van der Waals surface area contributed by atoms with Crippen LogP contribution in [0.5, 0.6) is 0 Å². The Morgan fingerprint density at radius 1 is 1.30 bits per heavy atom. The van der Waals surface area contributed by atoms with Crippen molar-refractivity contribution in [1.82, 2.24) is 10.2 Å². The van der Waals surface area contributed by atoms with E-state index < -0.39 is 0 Å². The van der Waals surface area contributed by atoms with Crippen molar-refractivity contribution in [1.29, 1.82) is 0 Å². The molecule has 1 heterocycles. The van der Waals surface area contributed by atoms with Crippen LogP contribution in [0.3, 0.4) is 0 Å². The zero-order valence-corrected chi connectivity index (χ0v) is 13.3. The van der Waals surface area contributed by atoms with Crippen LogP contribution in [0.15, 0.2) is 24.3 Å². The van der Waals surface area contributed by atoms with E-state index in [4.69, 9.17) is 4.74 Å². The lowest BCUT2D eigenvalue weighted by Crippen LogP contribution is -2.41. The van der Waals surface area contributed by atoms with Gasteiger partial charge in [-0.05, 0) is 45.4 Å². The van der Waals surface area contributed by atoms with E-state index in [9.17, 15) is 0 Å². The van der Waals surface area contributed by atoms with Crippen molar-refractivity contribution in [3.05, 3.63) is 35.4 Å². The van der Waals surface area contributed by atoms with Crippen molar-refractivity contribution in [2.45, 2.75) is 38.8 Å². The third kappa shape index (κ3) is 4.58. The van der Waals surface area contributed by atoms with E-state index in [0.29, 0.717) is 0 Å². The molecule has 1 aliphatic rings. The lowest BCUT2D eigenvalue weighted by Gasteiger charge is -2.30. The van der Waals surface area contributed by atoms with Crippen LogP contribution in [-0.4, -0.2) is 43.7 Å². The van der Waals surface area contributed by atoms with Gasteiger partial charge in [-0.1, -0.05) is 24.3 Å². The number of ether oxygens (including phenoxy) is 1. The predicted molar refractivity (Wildman–Crippen MR) is 84.1 cm³/mol. The topological polar surface area (TPSA) is 24.5 Å². The normalized spacial score (nSPS) is 19.1. The molecule has 1 N–H and O–H groups in total. The third-order valence-electron chi connectivity index (χ3n) is 3.72. The maximum atomic E-state index is 5.96. The van der Waals surface area contributed by atoms with Crippen LogP contribution in [0.1, 0.15) is 38.0 Å². The van der Waals surface area contributed by atoms with Gasteiger partial charge in [-0.3, -0.25) is 0 Å². The number of rotatable bonds is 5. The van der Waals surface area contributed by atoms with Crippen LogP contribution in [0.25, 0.3) is 0 Å². The number of hydrogen-bond donors (Lipinski definition) is 1. The molecule has 0 aliphatic carbocycles. The standard InChI is InChI=1S/C17H28N2O/c1-17(2,3)18-10-11-19(4)13-16-15-8-6-5-7-14(15)9-12-20-16/h5-8,16,18H,9-13H2,1-4H3. The number of hydrogen-bond acceptors (Lipinski definition) is 3. The Balaban J connectivity index is 1.85. The number of nitrogens with one attached hydrogen (secondary N) is 1. The molecule has 2 rings (SSSR count). The van der Waals surface area contributed by atoms with Crippen molar-refractivity contribution in [3.8, 4) is 0 Å². The Labute approximate surface area is 123 Å². The molecule has 0 saturated heterocycles. The van der Waals surface area contributed by atoms with E-state index in [-0.39, 0.29) is 11.6 Å². The third-order valence-corrected chi connectivity index (χ3v) is 3.72. The lowest BCUT2D eigenvalue weighted by atomic mass is 9.97. The first-order valence-electron chi connectivity index (χ1n) is 7.59. The molecule has 3 heteroatoms. The Kier molecular flexibility index (Phi) is 5.19. The van der Waals surface area contributed by atoms with Gasteiger partial charge in [0, 0.05) is 25.2 Å². The van der Waals surface area contributed by atoms with E-state index in [0.717, 1.165) is 32.7 Å². The maximum absolute atomic E-state index is 5.96. The summed E-state index contributed by atoms with van der Waals surface area (Å²) in [5, 5.41) is 3.53. The van der Waals surface area contributed by atoms with Crippen molar-refractivity contribution in [3.63, 3.8) is 0 Å². The van der Waals surface area contributed by atoms with Crippen LogP contribution in [0, 0.1) is 0 Å². The number of nitrogens with zero attached hydrogens (tertiary/aromatic N) is 1. The van der Waals surface area contributed by atoms with Crippen LogP contribution >= 0.6 is 0 Å². The molecule has 0 spiro atoms. The molecule has 1 aromatic rings. The highest BCUT2D eigenvalue weighted by atomic mass is 16.5. The highest BCUT2D eigenvalue weighted by molar-refractivity contribution is 5.31. The molecule has 0 fully saturated rings. The van der Waals surface area contributed by atoms with Crippen molar-refractivity contribution < 1.29 is 4.74 Å². The molecule has 3 nitrogen and oxygen atoms in total. The smallest absolute Gasteiger partial charge is 0.0954 e. The Hall–Kier alpha value is -0.900. The second-order valence-electron chi connectivity index (χ2n) is 6.75. The summed E-state index contributed by atoms with van der Waals surface area (Å²) in [4.78, 5) is 2.35. The molecule has 1 atom stereocenters. The summed E-state index contributed by atoms with van der Waals surface area (Å²) in [6.45, 7) is 10.5. The summed E-state index contributed by atoms with van der Waals surface area (Å²) in [6, 6.07) is 8.67. The van der Waals surface area contributed by atoms with Gasteiger partial charge >= 0.3 is 0 Å². The van der Waals surface area contributed by atoms with Gasteiger partial charge in [0.25, 0.3) is 0 Å². The average molecular weight is 276 g/mol. The van der Waals surface area contributed by atoms with Crippen molar-refractivity contribution in [2.75, 3.05) is 33.3 Å². The summed E-state index contributed by atoms with van der Waals surface area (Å²) in [6.07, 6.45) is 1.27. The van der Waals surface area contributed by atoms with Gasteiger partial charge < -0.3 is 15.0 Å². The van der Waals surface area contributed by atoms with Gasteiger partial charge in [0.05, 0.1) is 12.7 Å². The summed E-state index contributed by atoms with van der Waals surface area (Å²) in [7, 11) is 2.17. The van der Waals surface area contributed by atoms with E-state index in [1.165, 1.54) is 11.1 Å². The SMILES string of the molecule is CN(CCNC(C)(C)C)CC1OCCc2ccccc21. The zero-order chi connectivity index (χ0) is 14.6. The minimum atomic E-state index is 0.189. The van der Waals surface area contributed by atoms with Gasteiger partial charge in [0.2, 0.25) is 0 Å². The molecule has 1 aliphatic heterocycles. The summed E-state index contributed by atoms with van der Waals surface area (Å²) in [5.41, 5.74) is 3.01. The fraction of sp³-hybridized carbons (Fsp3) is 0.647. The van der Waals surface area contributed by atoms with Gasteiger partial charge in [0.15, 0.2) is 0 Å². The Morgan fingerprint density at radius 3 is 2.80 bits per heavy atom. The molecule has 112 valence electrons. The Morgan fingerprint density at radius 2 is 2.05 bits per heavy atom. The monoisotopic (exact) mass is 276 g/mol. The van der Waals surface area contributed by atoms with E-state index >= 15 is 0 Å². The fourth-order valence-electron chi connectivity index (χ4n) is 2.62. The molecule has 0 saturated carbocycles. The first-order valence-corrected chi connectivity index (χ1v) is 7.59. The molecule has 20 heavy (non-hydrogen) atoms. The van der Waals surface area contributed by atoms with Crippen LogP contribution in [0.4, 0.5) is 0 Å². The van der Waals surface area contributed by atoms with Crippen molar-refractivity contribution in [2.24, 2.45) is 0 Å². The maximum Gasteiger partial charge on any atom is 0.0954 e. The minimum absolute atomic E-state index is 0.189. The molecule has 0 radical (unpaired) electrons. The second-order valence-corrected chi connectivity index (χ2v) is 6.75. The van der Waals surface area contributed by atoms with E-state index in [1.54, 1.807) is 0 Å². The van der Waals surface area contributed by atoms with Crippen LogP contribution < -0.4 is 5.32 Å². The van der Waals surface area contributed by atoms with Crippen LogP contribution in [0.2, 0.25) is 0 Å². The number of benzene rings is 1. The summed E-state index contributed by atoms with van der Waals surface area (Å²) < 4.78 is 5.96. The molecule has 0 aromatic heterocycles. The number of likely N-dealkylation sites (N-methyl/N-ethyl adjacent to an activating group) is 1. The first-order chi connectivity index (χ1) is 9.46. The Bertz CT molecular complexity index is 425. The van der Waals surface area contributed by atoms with E-state index in [2.05, 4.69) is 62.3 Å². The summed E-state index contributed by atoms with van der Waals surface area (Å²) >= 11 is 0. The second kappa shape index (κ2) is 6.70. The predicted octanol–water partition coefficient (Wildman–Crippen LogP) is 2.62. The molecule has 1 aromatic carbocycles. The van der Waals surface area contributed by atoms with Gasteiger partial charge in [-0.15, -0.1) is 0 Å². The average Bonchev–Trinajstić information content (AvgIpc) is 2.37. The van der Waals surface area contributed by atoms with Gasteiger partial charge in [0.1, 0.15) is 0 Å². The zero-order valence-electron chi connectivity index (χ0n) is 13.3. The fourth-order valence-corrected chi connectivity index (χ4v) is 2.62.